The van der Waals surface area contributed by atoms with E-state index in [1.807, 2.05) is 30.5 Å². The van der Waals surface area contributed by atoms with E-state index >= 15 is 0 Å². The second-order valence-corrected chi connectivity index (χ2v) is 7.25. The number of hydrogen-bond acceptors (Lipinski definition) is 4. The van der Waals surface area contributed by atoms with Crippen LogP contribution in [-0.2, 0) is 11.3 Å². The van der Waals surface area contributed by atoms with Gasteiger partial charge in [-0.3, -0.25) is 9.59 Å². The number of carbonyl (C=O) groups excluding carboxylic acids is 2. The summed E-state index contributed by atoms with van der Waals surface area (Å²) in [7, 11) is 0. The minimum atomic E-state index is -1.13. The molecule has 0 radical (unpaired) electrons. The summed E-state index contributed by atoms with van der Waals surface area (Å²) < 4.78 is 5.33. The maximum absolute atomic E-state index is 12.5. The molecule has 33 heavy (non-hydrogen) atoms. The van der Waals surface area contributed by atoms with Crippen LogP contribution in [0.3, 0.4) is 0 Å². The van der Waals surface area contributed by atoms with Gasteiger partial charge in [-0.1, -0.05) is 24.3 Å². The summed E-state index contributed by atoms with van der Waals surface area (Å²) in [5, 5.41) is 15.8. The van der Waals surface area contributed by atoms with Crippen molar-refractivity contribution in [2.75, 3.05) is 11.9 Å². The Morgan fingerprint density at radius 1 is 0.909 bits per heavy atom. The summed E-state index contributed by atoms with van der Waals surface area (Å²) in [6.07, 6.45) is 1.86. The van der Waals surface area contributed by atoms with Crippen LogP contribution < -0.4 is 15.4 Å². The maximum Gasteiger partial charge on any atom is 0.339 e. The summed E-state index contributed by atoms with van der Waals surface area (Å²) in [6.45, 7) is 0.0406. The molecular formula is C25H21N3O5. The molecule has 0 saturated carbocycles. The SMILES string of the molecule is O=C(COc1ccccc1C(=O)O)Nc1ccc(C(=O)NCc2cccc3[nH]ccc23)cc1. The molecule has 0 fully saturated rings. The van der Waals surface area contributed by atoms with Gasteiger partial charge >= 0.3 is 5.97 Å². The summed E-state index contributed by atoms with van der Waals surface area (Å²) in [5.41, 5.74) is 2.95. The lowest BCUT2D eigenvalue weighted by atomic mass is 10.1. The third-order valence-corrected chi connectivity index (χ3v) is 5.03. The zero-order valence-corrected chi connectivity index (χ0v) is 17.5. The Morgan fingerprint density at radius 3 is 2.48 bits per heavy atom. The minimum absolute atomic E-state index is 0.0200. The second kappa shape index (κ2) is 9.69. The van der Waals surface area contributed by atoms with Crippen LogP contribution in [0.15, 0.2) is 79.0 Å². The number of carboxylic acid groups (broad SMARTS) is 1. The number of amides is 2. The Labute approximate surface area is 189 Å². The van der Waals surface area contributed by atoms with E-state index in [2.05, 4.69) is 15.6 Å². The van der Waals surface area contributed by atoms with Crippen molar-refractivity contribution in [3.8, 4) is 5.75 Å². The number of anilines is 1. The molecule has 8 heteroatoms. The first kappa shape index (κ1) is 21.6. The van der Waals surface area contributed by atoms with E-state index in [4.69, 9.17) is 9.84 Å². The zero-order chi connectivity index (χ0) is 23.2. The molecule has 0 atom stereocenters. The van der Waals surface area contributed by atoms with E-state index in [1.54, 1.807) is 36.4 Å². The molecule has 4 rings (SSSR count). The van der Waals surface area contributed by atoms with Crippen molar-refractivity contribution in [3.63, 3.8) is 0 Å². The predicted molar refractivity (Wildman–Crippen MR) is 123 cm³/mol. The number of hydrogen-bond donors (Lipinski definition) is 4. The number of rotatable bonds is 8. The van der Waals surface area contributed by atoms with Crippen LogP contribution >= 0.6 is 0 Å². The molecule has 3 aromatic carbocycles. The van der Waals surface area contributed by atoms with Crippen LogP contribution in [0.25, 0.3) is 10.9 Å². The summed E-state index contributed by atoms with van der Waals surface area (Å²) >= 11 is 0. The number of ether oxygens (including phenoxy) is 1. The number of aromatic carboxylic acids is 1. The molecule has 0 unspecified atom stereocenters. The van der Waals surface area contributed by atoms with Crippen molar-refractivity contribution >= 4 is 34.4 Å². The molecule has 1 heterocycles. The number of carbonyl (C=O) groups is 3. The molecular weight excluding hydrogens is 422 g/mol. The molecule has 0 aliphatic carbocycles. The first-order chi connectivity index (χ1) is 16.0. The number of aromatic nitrogens is 1. The number of carboxylic acids is 1. The lowest BCUT2D eigenvalue weighted by molar-refractivity contribution is -0.118. The number of benzene rings is 3. The lowest BCUT2D eigenvalue weighted by Gasteiger charge is -2.10. The van der Waals surface area contributed by atoms with Gasteiger partial charge in [0.2, 0.25) is 0 Å². The van der Waals surface area contributed by atoms with Gasteiger partial charge in [0.05, 0.1) is 0 Å². The van der Waals surface area contributed by atoms with Crippen LogP contribution in [0.5, 0.6) is 5.75 Å². The monoisotopic (exact) mass is 443 g/mol. The molecule has 166 valence electrons. The number of aromatic amines is 1. The van der Waals surface area contributed by atoms with E-state index in [-0.39, 0.29) is 23.8 Å². The largest absolute Gasteiger partial charge is 0.483 e. The third kappa shape index (κ3) is 5.19. The van der Waals surface area contributed by atoms with Gasteiger partial charge in [-0.25, -0.2) is 4.79 Å². The van der Waals surface area contributed by atoms with Crippen LogP contribution in [0.4, 0.5) is 5.69 Å². The van der Waals surface area contributed by atoms with Crippen molar-refractivity contribution in [2.45, 2.75) is 6.54 Å². The normalized spacial score (nSPS) is 10.5. The van der Waals surface area contributed by atoms with Crippen molar-refractivity contribution in [3.05, 3.63) is 95.7 Å². The molecule has 0 bridgehead atoms. The Hall–Kier alpha value is -4.59. The van der Waals surface area contributed by atoms with Gasteiger partial charge in [0.1, 0.15) is 11.3 Å². The van der Waals surface area contributed by atoms with Gasteiger partial charge < -0.3 is 25.5 Å². The molecule has 0 saturated heterocycles. The quantitative estimate of drug-likeness (QED) is 0.330. The van der Waals surface area contributed by atoms with E-state index < -0.39 is 11.9 Å². The number of fused-ring (bicyclic) bond motifs is 1. The van der Waals surface area contributed by atoms with E-state index in [1.165, 1.54) is 12.1 Å². The Balaban J connectivity index is 1.30. The highest BCUT2D eigenvalue weighted by Crippen LogP contribution is 2.19. The van der Waals surface area contributed by atoms with E-state index in [9.17, 15) is 14.4 Å². The molecule has 4 N–H and O–H groups in total. The summed E-state index contributed by atoms with van der Waals surface area (Å²) in [4.78, 5) is 39.0. The molecule has 0 aliphatic heterocycles. The highest BCUT2D eigenvalue weighted by atomic mass is 16.5. The fourth-order valence-corrected chi connectivity index (χ4v) is 3.40. The van der Waals surface area contributed by atoms with Crippen LogP contribution in [0.1, 0.15) is 26.3 Å². The smallest absolute Gasteiger partial charge is 0.339 e. The van der Waals surface area contributed by atoms with E-state index in [0.717, 1.165) is 16.5 Å². The predicted octanol–water partition coefficient (Wildman–Crippen LogP) is 3.81. The van der Waals surface area contributed by atoms with Gasteiger partial charge in [-0.05, 0) is 54.1 Å². The Kier molecular flexibility index (Phi) is 6.36. The molecule has 8 nitrogen and oxygen atoms in total. The van der Waals surface area contributed by atoms with Crippen molar-refractivity contribution in [1.82, 2.24) is 10.3 Å². The second-order valence-electron chi connectivity index (χ2n) is 7.25. The lowest BCUT2D eigenvalue weighted by Crippen LogP contribution is -2.23. The van der Waals surface area contributed by atoms with Gasteiger partial charge in [-0.2, -0.15) is 0 Å². The van der Waals surface area contributed by atoms with Crippen molar-refractivity contribution in [2.24, 2.45) is 0 Å². The molecule has 0 spiro atoms. The van der Waals surface area contributed by atoms with Crippen LogP contribution in [0, 0.1) is 0 Å². The number of para-hydroxylation sites is 1. The van der Waals surface area contributed by atoms with Gasteiger partial charge in [-0.15, -0.1) is 0 Å². The average molecular weight is 443 g/mol. The highest BCUT2D eigenvalue weighted by molar-refractivity contribution is 5.96. The molecule has 0 aliphatic rings. The number of H-pyrrole nitrogens is 1. The fourth-order valence-electron chi connectivity index (χ4n) is 3.40. The number of nitrogens with one attached hydrogen (secondary N) is 3. The van der Waals surface area contributed by atoms with Gasteiger partial charge in [0.25, 0.3) is 11.8 Å². The molecule has 1 aromatic heterocycles. The first-order valence-corrected chi connectivity index (χ1v) is 10.2. The van der Waals surface area contributed by atoms with E-state index in [0.29, 0.717) is 17.8 Å². The average Bonchev–Trinajstić information content (AvgIpc) is 3.31. The fraction of sp³-hybridized carbons (Fsp3) is 0.0800. The van der Waals surface area contributed by atoms with Crippen molar-refractivity contribution < 1.29 is 24.2 Å². The Morgan fingerprint density at radius 2 is 1.70 bits per heavy atom. The van der Waals surface area contributed by atoms with Gasteiger partial charge in [0.15, 0.2) is 6.61 Å². The first-order valence-electron chi connectivity index (χ1n) is 10.2. The minimum Gasteiger partial charge on any atom is -0.483 e. The van der Waals surface area contributed by atoms with Crippen LogP contribution in [0.2, 0.25) is 0 Å². The zero-order valence-electron chi connectivity index (χ0n) is 17.5. The third-order valence-electron chi connectivity index (χ3n) is 5.03. The Bertz CT molecular complexity index is 1310. The highest BCUT2D eigenvalue weighted by Gasteiger charge is 2.12. The summed E-state index contributed by atoms with van der Waals surface area (Å²) in [6, 6.07) is 20.4. The topological polar surface area (TPSA) is 121 Å². The maximum atomic E-state index is 12.5. The van der Waals surface area contributed by atoms with Crippen molar-refractivity contribution in [1.29, 1.82) is 0 Å². The van der Waals surface area contributed by atoms with Gasteiger partial charge in [0, 0.05) is 34.9 Å². The standard InChI is InChI=1S/C25H21N3O5/c29-23(15-33-22-7-2-1-5-20(22)25(31)32)28-18-10-8-16(9-11-18)24(30)27-14-17-4-3-6-21-19(17)12-13-26-21/h1-13,26H,14-15H2,(H,27,30)(H,28,29)(H,31,32). The molecule has 2 amide bonds. The van der Waals surface area contributed by atoms with Crippen LogP contribution in [-0.4, -0.2) is 34.5 Å². The molecule has 4 aromatic rings. The summed E-state index contributed by atoms with van der Waals surface area (Å²) in [5.74, 6) is -1.70.